The van der Waals surface area contributed by atoms with E-state index in [1.807, 2.05) is 74.5 Å². The molecule has 0 bridgehead atoms. The summed E-state index contributed by atoms with van der Waals surface area (Å²) in [5, 5.41) is 8.61. The monoisotopic (exact) mass is 451 g/mol. The average Bonchev–Trinajstić information content (AvgIpc) is 2.70. The van der Waals surface area contributed by atoms with Gasteiger partial charge < -0.3 is 16.0 Å². The number of anilines is 2. The largest absolute Gasteiger partial charge is 0.331 e. The van der Waals surface area contributed by atoms with Crippen LogP contribution in [0.5, 0.6) is 0 Å². The van der Waals surface area contributed by atoms with Crippen LogP contribution in [0.4, 0.5) is 16.2 Å². The van der Waals surface area contributed by atoms with Crippen LogP contribution in [0.3, 0.4) is 0 Å². The van der Waals surface area contributed by atoms with Gasteiger partial charge in [0, 0.05) is 21.4 Å². The number of para-hydroxylation sites is 1. The van der Waals surface area contributed by atoms with Crippen LogP contribution in [-0.2, 0) is 0 Å². The lowest BCUT2D eigenvalue weighted by molar-refractivity contribution is 0.102. The molecule has 1 unspecified atom stereocenters. The molecule has 6 heteroatoms. The molecule has 0 aliphatic rings. The zero-order valence-electron chi connectivity index (χ0n) is 16.2. The summed E-state index contributed by atoms with van der Waals surface area (Å²) in [6.07, 6.45) is 0. The number of nitrogens with one attached hydrogen (secondary N) is 3. The Kier molecular flexibility index (Phi) is 6.67. The lowest BCUT2D eigenvalue weighted by Crippen LogP contribution is -2.31. The van der Waals surface area contributed by atoms with E-state index in [1.54, 1.807) is 12.1 Å². The number of aryl methyl sites for hydroxylation is 1. The van der Waals surface area contributed by atoms with Gasteiger partial charge in [0.25, 0.3) is 5.91 Å². The van der Waals surface area contributed by atoms with Crippen molar-refractivity contribution in [3.05, 3.63) is 94.0 Å². The number of hydrogen-bond donors (Lipinski definition) is 3. The lowest BCUT2D eigenvalue weighted by atomic mass is 10.1. The Labute approximate surface area is 178 Å². The van der Waals surface area contributed by atoms with E-state index >= 15 is 0 Å². The van der Waals surface area contributed by atoms with Crippen LogP contribution in [0.2, 0.25) is 0 Å². The van der Waals surface area contributed by atoms with Crippen LogP contribution in [0.1, 0.15) is 34.5 Å². The zero-order valence-corrected chi connectivity index (χ0v) is 17.8. The minimum Gasteiger partial charge on any atom is -0.331 e. The van der Waals surface area contributed by atoms with Crippen molar-refractivity contribution >= 4 is 39.2 Å². The molecule has 29 heavy (non-hydrogen) atoms. The van der Waals surface area contributed by atoms with Gasteiger partial charge in [0.05, 0.1) is 6.04 Å². The zero-order chi connectivity index (χ0) is 20.8. The van der Waals surface area contributed by atoms with Crippen molar-refractivity contribution < 1.29 is 9.59 Å². The molecule has 0 aliphatic carbocycles. The smallest absolute Gasteiger partial charge is 0.319 e. The van der Waals surface area contributed by atoms with E-state index in [4.69, 9.17) is 0 Å². The first-order valence-corrected chi connectivity index (χ1v) is 10.0. The molecule has 148 valence electrons. The van der Waals surface area contributed by atoms with E-state index in [1.165, 1.54) is 0 Å². The van der Waals surface area contributed by atoms with Gasteiger partial charge in [-0.15, -0.1) is 0 Å². The van der Waals surface area contributed by atoms with Crippen LogP contribution in [0, 0.1) is 6.92 Å². The molecule has 5 nitrogen and oxygen atoms in total. The summed E-state index contributed by atoms with van der Waals surface area (Å²) in [4.78, 5) is 25.0. The first-order chi connectivity index (χ1) is 13.9. The maximum atomic E-state index is 12.5. The molecule has 0 aliphatic heterocycles. The van der Waals surface area contributed by atoms with Crippen molar-refractivity contribution in [1.29, 1.82) is 0 Å². The van der Waals surface area contributed by atoms with Gasteiger partial charge in [0.2, 0.25) is 0 Å². The van der Waals surface area contributed by atoms with Gasteiger partial charge in [-0.3, -0.25) is 4.79 Å². The van der Waals surface area contributed by atoms with E-state index in [0.717, 1.165) is 15.6 Å². The SMILES string of the molecule is Cc1ccc(C(=O)Nc2ccccc2)cc1NC(=O)NC(C)c1ccccc1Br. The van der Waals surface area contributed by atoms with Crippen LogP contribution in [0.15, 0.2) is 77.3 Å². The quantitative estimate of drug-likeness (QED) is 0.452. The average molecular weight is 452 g/mol. The Morgan fingerprint density at radius 2 is 1.59 bits per heavy atom. The van der Waals surface area contributed by atoms with Gasteiger partial charge in [0.1, 0.15) is 0 Å². The number of hydrogen-bond acceptors (Lipinski definition) is 2. The van der Waals surface area contributed by atoms with Gasteiger partial charge in [-0.2, -0.15) is 0 Å². The summed E-state index contributed by atoms with van der Waals surface area (Å²) < 4.78 is 0.934. The fourth-order valence-electron chi connectivity index (χ4n) is 2.88. The van der Waals surface area contributed by atoms with Crippen molar-refractivity contribution in [3.8, 4) is 0 Å². The Hall–Kier alpha value is -3.12. The third kappa shape index (κ3) is 5.45. The molecule has 3 aromatic rings. The first-order valence-electron chi connectivity index (χ1n) is 9.23. The molecular formula is C23H22BrN3O2. The molecule has 3 aromatic carbocycles. The molecule has 3 amide bonds. The predicted octanol–water partition coefficient (Wildman–Crippen LogP) is 5.89. The molecule has 1 atom stereocenters. The fraction of sp³-hybridized carbons (Fsp3) is 0.130. The first kappa shape index (κ1) is 20.6. The predicted molar refractivity (Wildman–Crippen MR) is 120 cm³/mol. The summed E-state index contributed by atoms with van der Waals surface area (Å²) in [6, 6.07) is 21.7. The minimum atomic E-state index is -0.336. The summed E-state index contributed by atoms with van der Waals surface area (Å²) >= 11 is 3.50. The number of carbonyl (C=O) groups excluding carboxylic acids is 2. The summed E-state index contributed by atoms with van der Waals surface area (Å²) in [5.74, 6) is -0.235. The Balaban J connectivity index is 1.69. The van der Waals surface area contributed by atoms with Crippen molar-refractivity contribution in [1.82, 2.24) is 5.32 Å². The Morgan fingerprint density at radius 3 is 2.31 bits per heavy atom. The second-order valence-corrected chi connectivity index (χ2v) is 7.55. The van der Waals surface area contributed by atoms with E-state index in [2.05, 4.69) is 31.9 Å². The standard InChI is InChI=1S/C23H22BrN3O2/c1-15-12-13-17(22(28)26-18-8-4-3-5-9-18)14-21(15)27-23(29)25-16(2)19-10-6-7-11-20(19)24/h3-14,16H,1-2H3,(H,26,28)(H2,25,27,29). The van der Waals surface area contributed by atoms with Gasteiger partial charge in [-0.25, -0.2) is 4.79 Å². The third-order valence-corrected chi connectivity index (χ3v) is 5.22. The van der Waals surface area contributed by atoms with Crippen molar-refractivity contribution in [2.45, 2.75) is 19.9 Å². The highest BCUT2D eigenvalue weighted by Crippen LogP contribution is 2.23. The topological polar surface area (TPSA) is 70.2 Å². The summed E-state index contributed by atoms with van der Waals surface area (Å²) in [6.45, 7) is 3.79. The maximum Gasteiger partial charge on any atom is 0.319 e. The summed E-state index contributed by atoms with van der Waals surface area (Å²) in [5.41, 5.74) is 3.61. The molecule has 0 aromatic heterocycles. The number of rotatable bonds is 5. The molecule has 3 rings (SSSR count). The van der Waals surface area contributed by atoms with Crippen LogP contribution in [-0.4, -0.2) is 11.9 Å². The number of carbonyl (C=O) groups is 2. The number of amides is 3. The van der Waals surface area contributed by atoms with Crippen LogP contribution >= 0.6 is 15.9 Å². The van der Waals surface area contributed by atoms with Crippen LogP contribution in [0.25, 0.3) is 0 Å². The second-order valence-electron chi connectivity index (χ2n) is 6.69. The maximum absolute atomic E-state index is 12.5. The van der Waals surface area contributed by atoms with Gasteiger partial charge >= 0.3 is 6.03 Å². The molecule has 0 saturated carbocycles. The number of benzene rings is 3. The molecule has 0 spiro atoms. The van der Waals surface area contributed by atoms with Crippen molar-refractivity contribution in [2.24, 2.45) is 0 Å². The third-order valence-electron chi connectivity index (χ3n) is 4.50. The Morgan fingerprint density at radius 1 is 0.897 bits per heavy atom. The van der Waals surface area contributed by atoms with Gasteiger partial charge in [-0.05, 0) is 55.3 Å². The highest BCUT2D eigenvalue weighted by atomic mass is 79.9. The fourth-order valence-corrected chi connectivity index (χ4v) is 3.51. The van der Waals surface area contributed by atoms with Crippen molar-refractivity contribution in [2.75, 3.05) is 10.6 Å². The van der Waals surface area contributed by atoms with Crippen LogP contribution < -0.4 is 16.0 Å². The number of halogens is 1. The second kappa shape index (κ2) is 9.39. The Bertz CT molecular complexity index is 1020. The van der Waals surface area contributed by atoms with E-state index in [-0.39, 0.29) is 18.0 Å². The minimum absolute atomic E-state index is 0.185. The van der Waals surface area contributed by atoms with Crippen molar-refractivity contribution in [3.63, 3.8) is 0 Å². The van der Waals surface area contributed by atoms with Gasteiger partial charge in [-0.1, -0.05) is 58.4 Å². The molecule has 0 radical (unpaired) electrons. The molecular weight excluding hydrogens is 430 g/mol. The van der Waals surface area contributed by atoms with Gasteiger partial charge in [0.15, 0.2) is 0 Å². The van der Waals surface area contributed by atoms with E-state index in [9.17, 15) is 9.59 Å². The highest BCUT2D eigenvalue weighted by molar-refractivity contribution is 9.10. The lowest BCUT2D eigenvalue weighted by Gasteiger charge is -2.17. The molecule has 0 saturated heterocycles. The normalized spacial score (nSPS) is 11.4. The van der Waals surface area contributed by atoms with E-state index < -0.39 is 0 Å². The number of urea groups is 1. The summed E-state index contributed by atoms with van der Waals surface area (Å²) in [7, 11) is 0. The molecule has 3 N–H and O–H groups in total. The highest BCUT2D eigenvalue weighted by Gasteiger charge is 2.14. The molecule has 0 heterocycles. The molecule has 0 fully saturated rings. The van der Waals surface area contributed by atoms with E-state index in [0.29, 0.717) is 16.9 Å².